The van der Waals surface area contributed by atoms with Crippen LogP contribution >= 0.6 is 0 Å². The summed E-state index contributed by atoms with van der Waals surface area (Å²) >= 11 is 0. The number of benzene rings is 1. The number of halogens is 5. The molecule has 6 heteroatoms. The highest BCUT2D eigenvalue weighted by atomic mass is 19.4. The molecule has 1 nitrogen and oxygen atoms in total. The zero-order valence-electron chi connectivity index (χ0n) is 7.54. The van der Waals surface area contributed by atoms with Gasteiger partial charge < -0.3 is 5.73 Å². The van der Waals surface area contributed by atoms with Crippen molar-refractivity contribution in [3.05, 3.63) is 34.9 Å². The van der Waals surface area contributed by atoms with Crippen LogP contribution in [0.25, 0.3) is 0 Å². The summed E-state index contributed by atoms with van der Waals surface area (Å²) in [6.45, 7) is -0.0614. The van der Waals surface area contributed by atoms with Crippen molar-refractivity contribution < 1.29 is 22.0 Å². The maximum absolute atomic E-state index is 12.7. The maximum atomic E-state index is 12.7. The SMILES string of the molecule is NCCc1cc(F)c(F)cc1C(F)(F)F. The van der Waals surface area contributed by atoms with Crippen LogP contribution in [0.2, 0.25) is 0 Å². The molecule has 0 aliphatic heterocycles. The second kappa shape index (κ2) is 4.14. The smallest absolute Gasteiger partial charge is 0.330 e. The summed E-state index contributed by atoms with van der Waals surface area (Å²) in [6, 6.07) is 0.686. The molecule has 0 bridgehead atoms. The van der Waals surface area contributed by atoms with Gasteiger partial charge in [-0.25, -0.2) is 8.78 Å². The fourth-order valence-corrected chi connectivity index (χ4v) is 1.21. The largest absolute Gasteiger partial charge is 0.416 e. The molecule has 0 heterocycles. The topological polar surface area (TPSA) is 26.0 Å². The maximum Gasteiger partial charge on any atom is 0.416 e. The summed E-state index contributed by atoms with van der Waals surface area (Å²) in [5.74, 6) is -2.81. The van der Waals surface area contributed by atoms with E-state index in [1.165, 1.54) is 0 Å². The average Bonchev–Trinajstić information content (AvgIpc) is 2.09. The third kappa shape index (κ3) is 2.65. The molecule has 84 valence electrons. The lowest BCUT2D eigenvalue weighted by molar-refractivity contribution is -0.138. The Bertz CT molecular complexity index is 358. The molecule has 0 aromatic heterocycles. The van der Waals surface area contributed by atoms with Crippen LogP contribution in [0.3, 0.4) is 0 Å². The fraction of sp³-hybridized carbons (Fsp3) is 0.333. The van der Waals surface area contributed by atoms with Gasteiger partial charge in [0.15, 0.2) is 11.6 Å². The van der Waals surface area contributed by atoms with E-state index in [2.05, 4.69) is 0 Å². The number of nitrogens with two attached hydrogens (primary N) is 1. The van der Waals surface area contributed by atoms with Crippen molar-refractivity contribution in [3.8, 4) is 0 Å². The van der Waals surface area contributed by atoms with Crippen LogP contribution in [-0.4, -0.2) is 6.54 Å². The van der Waals surface area contributed by atoms with E-state index < -0.39 is 23.4 Å². The van der Waals surface area contributed by atoms with E-state index in [1.54, 1.807) is 0 Å². The van der Waals surface area contributed by atoms with Gasteiger partial charge in [0.1, 0.15) is 0 Å². The van der Waals surface area contributed by atoms with E-state index in [1.807, 2.05) is 0 Å². The first-order valence-electron chi connectivity index (χ1n) is 4.11. The number of hydrogen-bond acceptors (Lipinski definition) is 1. The Kier molecular flexibility index (Phi) is 3.28. The van der Waals surface area contributed by atoms with Crippen molar-refractivity contribution in [2.45, 2.75) is 12.6 Å². The van der Waals surface area contributed by atoms with Crippen LogP contribution in [-0.2, 0) is 12.6 Å². The molecule has 1 aromatic rings. The van der Waals surface area contributed by atoms with Crippen molar-refractivity contribution >= 4 is 0 Å². The van der Waals surface area contributed by atoms with Crippen molar-refractivity contribution in [1.82, 2.24) is 0 Å². The van der Waals surface area contributed by atoms with Crippen molar-refractivity contribution in [3.63, 3.8) is 0 Å². The van der Waals surface area contributed by atoms with Crippen LogP contribution in [0, 0.1) is 11.6 Å². The second-order valence-corrected chi connectivity index (χ2v) is 2.96. The summed E-state index contributed by atoms with van der Waals surface area (Å²) in [6.07, 6.45) is -4.84. The van der Waals surface area contributed by atoms with E-state index in [9.17, 15) is 22.0 Å². The molecule has 0 atom stereocenters. The molecule has 0 spiro atoms. The lowest BCUT2D eigenvalue weighted by Crippen LogP contribution is -2.13. The summed E-state index contributed by atoms with van der Waals surface area (Å²) in [5.41, 5.74) is 3.57. The first-order valence-corrected chi connectivity index (χ1v) is 4.11. The quantitative estimate of drug-likeness (QED) is 0.769. The lowest BCUT2D eigenvalue weighted by Gasteiger charge is -2.12. The molecule has 0 fully saturated rings. The predicted molar refractivity (Wildman–Crippen MR) is 44.1 cm³/mol. The molecule has 0 aliphatic carbocycles. The Labute approximate surface area is 82.7 Å². The Morgan fingerprint density at radius 2 is 1.60 bits per heavy atom. The molecular weight excluding hydrogens is 217 g/mol. The van der Waals surface area contributed by atoms with Gasteiger partial charge in [-0.2, -0.15) is 13.2 Å². The van der Waals surface area contributed by atoms with Crippen molar-refractivity contribution in [2.75, 3.05) is 6.54 Å². The summed E-state index contributed by atoms with van der Waals surface area (Å²) < 4.78 is 62.4. The molecule has 1 rings (SSSR count). The monoisotopic (exact) mass is 225 g/mol. The fourth-order valence-electron chi connectivity index (χ4n) is 1.21. The molecule has 0 saturated heterocycles. The zero-order chi connectivity index (χ0) is 11.6. The predicted octanol–water partition coefficient (Wildman–Crippen LogP) is 2.48. The van der Waals surface area contributed by atoms with E-state index in [0.717, 1.165) is 0 Å². The third-order valence-electron chi connectivity index (χ3n) is 1.87. The van der Waals surface area contributed by atoms with Gasteiger partial charge in [0.2, 0.25) is 0 Å². The van der Waals surface area contributed by atoms with Crippen molar-refractivity contribution in [2.24, 2.45) is 5.73 Å². The molecule has 0 aliphatic rings. The van der Waals surface area contributed by atoms with Crippen molar-refractivity contribution in [1.29, 1.82) is 0 Å². The Morgan fingerprint density at radius 3 is 2.07 bits per heavy atom. The first kappa shape index (κ1) is 11.9. The summed E-state index contributed by atoms with van der Waals surface area (Å²) in [5, 5.41) is 0. The van der Waals surface area contributed by atoms with Gasteiger partial charge in [0.05, 0.1) is 5.56 Å². The minimum absolute atomic E-state index is 0.0614. The van der Waals surface area contributed by atoms with Crippen LogP contribution in [0.4, 0.5) is 22.0 Å². The number of alkyl halides is 3. The molecule has 2 N–H and O–H groups in total. The van der Waals surface area contributed by atoms with Crippen LogP contribution in [0.1, 0.15) is 11.1 Å². The Hall–Kier alpha value is -1.17. The van der Waals surface area contributed by atoms with Gasteiger partial charge in [-0.05, 0) is 30.7 Å². The highest BCUT2D eigenvalue weighted by Gasteiger charge is 2.34. The van der Waals surface area contributed by atoms with Crippen LogP contribution < -0.4 is 5.73 Å². The summed E-state index contributed by atoms with van der Waals surface area (Å²) in [7, 11) is 0. The van der Waals surface area contributed by atoms with Gasteiger partial charge in [0.25, 0.3) is 0 Å². The molecule has 0 saturated carbocycles. The van der Waals surface area contributed by atoms with E-state index in [-0.39, 0.29) is 24.6 Å². The summed E-state index contributed by atoms with van der Waals surface area (Å²) in [4.78, 5) is 0. The van der Waals surface area contributed by atoms with Crippen LogP contribution in [0.5, 0.6) is 0 Å². The third-order valence-corrected chi connectivity index (χ3v) is 1.87. The molecule has 0 radical (unpaired) electrons. The van der Waals surface area contributed by atoms with Gasteiger partial charge in [-0.15, -0.1) is 0 Å². The number of hydrogen-bond donors (Lipinski definition) is 1. The highest BCUT2D eigenvalue weighted by molar-refractivity contribution is 5.31. The van der Waals surface area contributed by atoms with E-state index >= 15 is 0 Å². The lowest BCUT2D eigenvalue weighted by atomic mass is 10.0. The zero-order valence-corrected chi connectivity index (χ0v) is 7.54. The van der Waals surface area contributed by atoms with Crippen LogP contribution in [0.15, 0.2) is 12.1 Å². The molecule has 0 amide bonds. The molecule has 15 heavy (non-hydrogen) atoms. The van der Waals surface area contributed by atoms with Gasteiger partial charge >= 0.3 is 6.18 Å². The minimum atomic E-state index is -4.70. The molecule has 0 unspecified atom stereocenters. The van der Waals surface area contributed by atoms with Gasteiger partial charge in [-0.1, -0.05) is 0 Å². The molecule has 1 aromatic carbocycles. The second-order valence-electron chi connectivity index (χ2n) is 2.96. The standard InChI is InChI=1S/C9H8F5N/c10-7-3-5(1-2-15)6(4-8(7)11)9(12,13)14/h3-4H,1-2,15H2. The Morgan fingerprint density at radius 1 is 1.07 bits per heavy atom. The average molecular weight is 225 g/mol. The van der Waals surface area contributed by atoms with E-state index in [4.69, 9.17) is 5.73 Å². The number of rotatable bonds is 2. The normalized spacial score (nSPS) is 11.9. The minimum Gasteiger partial charge on any atom is -0.330 e. The highest BCUT2D eigenvalue weighted by Crippen LogP contribution is 2.33. The van der Waals surface area contributed by atoms with Gasteiger partial charge in [-0.3, -0.25) is 0 Å². The first-order chi connectivity index (χ1) is 6.86. The molecular formula is C9H8F5N. The van der Waals surface area contributed by atoms with Gasteiger partial charge in [0, 0.05) is 0 Å². The Balaban J connectivity index is 3.28. The van der Waals surface area contributed by atoms with E-state index in [0.29, 0.717) is 6.07 Å².